The zero-order valence-corrected chi connectivity index (χ0v) is 17.7. The first kappa shape index (κ1) is 23.3. The van der Waals surface area contributed by atoms with Crippen molar-refractivity contribution in [1.29, 1.82) is 0 Å². The van der Waals surface area contributed by atoms with E-state index in [1.165, 1.54) is 6.07 Å². The minimum Gasteiger partial charge on any atom is -0.478 e. The van der Waals surface area contributed by atoms with Crippen LogP contribution >= 0.6 is 0 Å². The number of para-hydroxylation sites is 1. The Morgan fingerprint density at radius 2 is 2.00 bits per heavy atom. The van der Waals surface area contributed by atoms with E-state index in [2.05, 4.69) is 15.9 Å². The summed E-state index contributed by atoms with van der Waals surface area (Å²) in [6.07, 6.45) is 8.84. The third kappa shape index (κ3) is 4.93. The first-order valence-corrected chi connectivity index (χ1v) is 9.89. The third-order valence-electron chi connectivity index (χ3n) is 5.15. The second-order valence-corrected chi connectivity index (χ2v) is 7.21. The molecule has 1 aliphatic rings. The average molecular weight is 452 g/mol. The summed E-state index contributed by atoms with van der Waals surface area (Å²) in [5.74, 6) is -0.406. The van der Waals surface area contributed by atoms with Crippen LogP contribution in [0.3, 0.4) is 0 Å². The summed E-state index contributed by atoms with van der Waals surface area (Å²) < 4.78 is 16.2. The Balaban J connectivity index is 0.000000331. The summed E-state index contributed by atoms with van der Waals surface area (Å²) in [7, 11) is 0. The molecule has 0 saturated carbocycles. The number of terminal acetylenes is 1. The topological polar surface area (TPSA) is 129 Å². The van der Waals surface area contributed by atoms with Gasteiger partial charge in [0.25, 0.3) is 5.91 Å². The van der Waals surface area contributed by atoms with Gasteiger partial charge >= 0.3 is 11.9 Å². The fraction of sp³-hybridized carbons (Fsp3) is 0.217. The molecule has 170 valence electrons. The second kappa shape index (κ2) is 9.82. The molecule has 3 N–H and O–H groups in total. The van der Waals surface area contributed by atoms with Gasteiger partial charge in [0.05, 0.1) is 36.2 Å². The van der Waals surface area contributed by atoms with Gasteiger partial charge in [-0.1, -0.05) is 18.1 Å². The summed E-state index contributed by atoms with van der Waals surface area (Å²) in [6, 6.07) is 4.81. The van der Waals surface area contributed by atoms with E-state index in [0.29, 0.717) is 48.1 Å². The standard InChI is InChI=1S/C19H17FN4O.C4H4O4/c1-3-8-24-16-7-9-23(10-15-12(2)21-11-22-15)19(25)17(16)13-5-4-6-14(20)18(13)24;5-3(6)1-2-4(7)8/h1,4-6,11H,7-10H2,2H3,(H,21,22);1-2H,(H,5,6)(H,7,8). The van der Waals surface area contributed by atoms with Gasteiger partial charge in [-0.2, -0.15) is 0 Å². The molecule has 0 fully saturated rings. The van der Waals surface area contributed by atoms with Gasteiger partial charge in [-0.05, 0) is 13.0 Å². The quantitative estimate of drug-likeness (QED) is 0.403. The number of imidazole rings is 1. The van der Waals surface area contributed by atoms with Crippen LogP contribution < -0.4 is 0 Å². The van der Waals surface area contributed by atoms with Crippen LogP contribution in [0.1, 0.15) is 27.4 Å². The number of halogens is 1. The lowest BCUT2D eigenvalue weighted by Crippen LogP contribution is -2.37. The largest absolute Gasteiger partial charge is 0.478 e. The highest BCUT2D eigenvalue weighted by Gasteiger charge is 2.31. The van der Waals surface area contributed by atoms with Crippen molar-refractivity contribution in [3.63, 3.8) is 0 Å². The highest BCUT2D eigenvalue weighted by atomic mass is 19.1. The van der Waals surface area contributed by atoms with Crippen molar-refractivity contribution in [3.8, 4) is 12.3 Å². The maximum Gasteiger partial charge on any atom is 0.328 e. The van der Waals surface area contributed by atoms with Crippen molar-refractivity contribution in [2.45, 2.75) is 26.4 Å². The van der Waals surface area contributed by atoms with E-state index in [0.717, 1.165) is 17.1 Å². The van der Waals surface area contributed by atoms with Gasteiger partial charge in [0, 0.05) is 41.9 Å². The number of nitrogens with one attached hydrogen (secondary N) is 1. The molecule has 1 amide bonds. The number of carboxylic acid groups (broad SMARTS) is 2. The number of nitrogens with zero attached hydrogens (tertiary/aromatic N) is 3. The molecule has 0 radical (unpaired) electrons. The number of carbonyl (C=O) groups excluding carboxylic acids is 1. The Labute approximate surface area is 188 Å². The first-order chi connectivity index (χ1) is 15.7. The van der Waals surface area contributed by atoms with E-state index in [1.807, 2.05) is 6.92 Å². The molecular weight excluding hydrogens is 431 g/mol. The maximum absolute atomic E-state index is 14.4. The Morgan fingerprint density at radius 1 is 1.30 bits per heavy atom. The van der Waals surface area contributed by atoms with Crippen molar-refractivity contribution < 1.29 is 29.0 Å². The van der Waals surface area contributed by atoms with Crippen LogP contribution in [0.2, 0.25) is 0 Å². The minimum atomic E-state index is -1.26. The summed E-state index contributed by atoms with van der Waals surface area (Å²) in [5.41, 5.74) is 3.58. The lowest BCUT2D eigenvalue weighted by molar-refractivity contribution is -0.134. The van der Waals surface area contributed by atoms with Gasteiger partial charge in [0.1, 0.15) is 5.82 Å². The number of carboxylic acids is 2. The molecular formula is C23H21FN4O5. The minimum absolute atomic E-state index is 0.102. The molecule has 0 atom stereocenters. The highest BCUT2D eigenvalue weighted by Crippen LogP contribution is 2.32. The number of aryl methyl sites for hydroxylation is 1. The van der Waals surface area contributed by atoms with Crippen LogP contribution in [0.25, 0.3) is 10.9 Å². The molecule has 33 heavy (non-hydrogen) atoms. The highest BCUT2D eigenvalue weighted by molar-refractivity contribution is 6.09. The molecule has 1 aliphatic heterocycles. The van der Waals surface area contributed by atoms with E-state index in [4.69, 9.17) is 16.6 Å². The van der Waals surface area contributed by atoms with Gasteiger partial charge in [0.2, 0.25) is 0 Å². The fourth-order valence-electron chi connectivity index (χ4n) is 3.70. The molecule has 3 aromatic rings. The van der Waals surface area contributed by atoms with E-state index < -0.39 is 11.9 Å². The van der Waals surface area contributed by atoms with Gasteiger partial charge in [0.15, 0.2) is 0 Å². The van der Waals surface area contributed by atoms with Crippen molar-refractivity contribution >= 4 is 28.7 Å². The molecule has 9 nitrogen and oxygen atoms in total. The van der Waals surface area contributed by atoms with Gasteiger partial charge in [-0.15, -0.1) is 6.42 Å². The van der Waals surface area contributed by atoms with E-state index in [-0.39, 0.29) is 18.3 Å². The van der Waals surface area contributed by atoms with Crippen LogP contribution in [-0.4, -0.2) is 54.0 Å². The molecule has 4 rings (SSSR count). The Bertz CT molecular complexity index is 1280. The van der Waals surface area contributed by atoms with Crippen LogP contribution in [0.4, 0.5) is 4.39 Å². The van der Waals surface area contributed by atoms with E-state index >= 15 is 0 Å². The second-order valence-electron chi connectivity index (χ2n) is 7.21. The number of carbonyl (C=O) groups is 3. The van der Waals surface area contributed by atoms with Gasteiger partial charge in [-0.25, -0.2) is 19.0 Å². The lowest BCUT2D eigenvalue weighted by Gasteiger charge is -2.27. The zero-order valence-electron chi connectivity index (χ0n) is 17.7. The number of benzene rings is 1. The zero-order chi connectivity index (χ0) is 24.1. The monoisotopic (exact) mass is 452 g/mol. The summed E-state index contributed by atoms with van der Waals surface area (Å²) in [6.45, 7) is 3.17. The maximum atomic E-state index is 14.4. The van der Waals surface area contributed by atoms with Crippen LogP contribution in [0.5, 0.6) is 0 Å². The average Bonchev–Trinajstić information content (AvgIpc) is 3.31. The number of hydrogen-bond acceptors (Lipinski definition) is 4. The lowest BCUT2D eigenvalue weighted by atomic mass is 10.0. The number of amides is 1. The number of H-pyrrole nitrogens is 1. The van der Waals surface area contributed by atoms with Crippen molar-refractivity contribution in [1.82, 2.24) is 19.4 Å². The van der Waals surface area contributed by atoms with Crippen molar-refractivity contribution in [2.75, 3.05) is 6.54 Å². The van der Waals surface area contributed by atoms with Crippen LogP contribution in [0.15, 0.2) is 36.7 Å². The van der Waals surface area contributed by atoms with Crippen molar-refractivity contribution in [3.05, 3.63) is 65.1 Å². The molecule has 0 bridgehead atoms. The Kier molecular flexibility index (Phi) is 6.93. The number of aromatic nitrogens is 3. The molecule has 0 aliphatic carbocycles. The van der Waals surface area contributed by atoms with E-state index in [9.17, 15) is 18.8 Å². The summed E-state index contributed by atoms with van der Waals surface area (Å²) >= 11 is 0. The predicted molar refractivity (Wildman–Crippen MR) is 117 cm³/mol. The number of rotatable bonds is 5. The number of fused-ring (bicyclic) bond motifs is 3. The van der Waals surface area contributed by atoms with Gasteiger partial charge in [-0.3, -0.25) is 4.79 Å². The van der Waals surface area contributed by atoms with Crippen LogP contribution in [-0.2, 0) is 29.1 Å². The Morgan fingerprint density at radius 3 is 2.58 bits per heavy atom. The van der Waals surface area contributed by atoms with Gasteiger partial charge < -0.3 is 24.7 Å². The van der Waals surface area contributed by atoms with E-state index in [1.54, 1.807) is 27.9 Å². The molecule has 10 heteroatoms. The molecule has 0 spiro atoms. The SMILES string of the molecule is C#CCn1c2c(c3cccc(F)c31)C(=O)N(Cc1nc[nH]c1C)CC2.O=C(O)C=CC(=O)O. The first-order valence-electron chi connectivity index (χ1n) is 9.89. The molecule has 1 aromatic carbocycles. The fourth-order valence-corrected chi connectivity index (χ4v) is 3.70. The summed E-state index contributed by atoms with van der Waals surface area (Å²) in [4.78, 5) is 41.3. The third-order valence-corrected chi connectivity index (χ3v) is 5.15. The smallest absolute Gasteiger partial charge is 0.328 e. The Hall–Kier alpha value is -4.39. The normalized spacial score (nSPS) is 12.9. The molecule has 0 unspecified atom stereocenters. The molecule has 2 aromatic heterocycles. The predicted octanol–water partition coefficient (Wildman–Crippen LogP) is 2.36. The van der Waals surface area contributed by atoms with Crippen molar-refractivity contribution in [2.24, 2.45) is 0 Å². The summed E-state index contributed by atoms with van der Waals surface area (Å²) in [5, 5.41) is 16.2. The molecule has 0 saturated heterocycles. The number of hydrogen-bond donors (Lipinski definition) is 3. The number of aliphatic carboxylic acids is 2. The van der Waals surface area contributed by atoms with Crippen LogP contribution in [0, 0.1) is 25.1 Å². The molecule has 3 heterocycles. The number of aromatic amines is 1.